The summed E-state index contributed by atoms with van der Waals surface area (Å²) in [6.07, 6.45) is 2.37. The number of nitrogens with two attached hydrogens (primary N) is 1. The molecule has 0 radical (unpaired) electrons. The quantitative estimate of drug-likeness (QED) is 0.526. The van der Waals surface area contributed by atoms with E-state index in [1.54, 1.807) is 25.1 Å². The third-order valence-electron chi connectivity index (χ3n) is 5.10. The molecule has 11 heteroatoms. The monoisotopic (exact) mass is 430 g/mol. The Kier molecular flexibility index (Phi) is 5.26. The van der Waals surface area contributed by atoms with Crippen molar-refractivity contribution in [2.24, 2.45) is 5.92 Å². The predicted molar refractivity (Wildman–Crippen MR) is 109 cm³/mol. The summed E-state index contributed by atoms with van der Waals surface area (Å²) in [5.74, 6) is 0.868. The largest absolute Gasteiger partial charge is 0.393 e. The summed E-state index contributed by atoms with van der Waals surface area (Å²) < 4.78 is 33.2. The number of aryl methyl sites for hydroxylation is 2. The smallest absolute Gasteiger partial charge is 0.280 e. The first kappa shape index (κ1) is 20.4. The Morgan fingerprint density at radius 2 is 2.03 bits per heavy atom. The van der Waals surface area contributed by atoms with Gasteiger partial charge in [0.15, 0.2) is 17.3 Å². The standard InChI is InChI=1S/C19H22N6O4S/c1-10-3-4-14(30(27,28)22-8-12-5-13(26)6-12)7-15(10)16-9-21-18(20)17(24-16)19-23-11(2)25-29-19/h3-4,7,9,12-13,22,26H,5-6,8H2,1-2H3,(H2,20,21)/t12-,13-. The van der Waals surface area contributed by atoms with E-state index in [9.17, 15) is 13.5 Å². The maximum absolute atomic E-state index is 12.7. The van der Waals surface area contributed by atoms with Crippen molar-refractivity contribution < 1.29 is 18.0 Å². The first-order valence-electron chi connectivity index (χ1n) is 9.45. The highest BCUT2D eigenvalue weighted by Crippen LogP contribution is 2.29. The van der Waals surface area contributed by atoms with Gasteiger partial charge in [-0.05, 0) is 50.3 Å². The second kappa shape index (κ2) is 7.74. The van der Waals surface area contributed by atoms with Gasteiger partial charge >= 0.3 is 0 Å². The molecule has 1 aromatic carbocycles. The van der Waals surface area contributed by atoms with Crippen molar-refractivity contribution in [3.63, 3.8) is 0 Å². The molecule has 1 aliphatic rings. The number of nitrogens with one attached hydrogen (secondary N) is 1. The lowest BCUT2D eigenvalue weighted by Gasteiger charge is -2.31. The van der Waals surface area contributed by atoms with Crippen LogP contribution in [0.25, 0.3) is 22.8 Å². The van der Waals surface area contributed by atoms with Crippen molar-refractivity contribution in [2.45, 2.75) is 37.7 Å². The SMILES string of the molecule is Cc1noc(-c2nc(-c3cc(S(=O)(=O)NC[C@H]4C[C@H](O)C4)ccc3C)cnc2N)n1. The van der Waals surface area contributed by atoms with Gasteiger partial charge in [0.1, 0.15) is 0 Å². The van der Waals surface area contributed by atoms with E-state index < -0.39 is 10.0 Å². The van der Waals surface area contributed by atoms with Crippen LogP contribution in [0.4, 0.5) is 5.82 Å². The summed E-state index contributed by atoms with van der Waals surface area (Å²) >= 11 is 0. The van der Waals surface area contributed by atoms with Crippen molar-refractivity contribution in [3.8, 4) is 22.8 Å². The lowest BCUT2D eigenvalue weighted by atomic mass is 9.83. The fourth-order valence-electron chi connectivity index (χ4n) is 3.30. The van der Waals surface area contributed by atoms with Crippen molar-refractivity contribution in [1.29, 1.82) is 0 Å². The third kappa shape index (κ3) is 4.04. The van der Waals surface area contributed by atoms with Crippen molar-refractivity contribution in [1.82, 2.24) is 24.8 Å². The van der Waals surface area contributed by atoms with Crippen LogP contribution in [-0.2, 0) is 10.0 Å². The lowest BCUT2D eigenvalue weighted by molar-refractivity contribution is 0.0453. The Balaban J connectivity index is 1.65. The minimum atomic E-state index is -3.71. The van der Waals surface area contributed by atoms with Crippen LogP contribution >= 0.6 is 0 Å². The van der Waals surface area contributed by atoms with Gasteiger partial charge in [0.2, 0.25) is 10.0 Å². The van der Waals surface area contributed by atoms with Gasteiger partial charge in [0, 0.05) is 12.1 Å². The number of hydrogen-bond donors (Lipinski definition) is 3. The van der Waals surface area contributed by atoms with E-state index in [2.05, 4.69) is 24.8 Å². The number of hydrogen-bond acceptors (Lipinski definition) is 9. The van der Waals surface area contributed by atoms with E-state index in [4.69, 9.17) is 10.3 Å². The summed E-state index contributed by atoms with van der Waals surface area (Å²) in [4.78, 5) is 12.9. The molecule has 10 nitrogen and oxygen atoms in total. The van der Waals surface area contributed by atoms with Gasteiger partial charge in [0.25, 0.3) is 5.89 Å². The zero-order valence-corrected chi connectivity index (χ0v) is 17.3. The molecule has 1 fully saturated rings. The van der Waals surface area contributed by atoms with Gasteiger partial charge in [-0.2, -0.15) is 4.98 Å². The van der Waals surface area contributed by atoms with Crippen LogP contribution in [-0.4, -0.2) is 46.3 Å². The highest BCUT2D eigenvalue weighted by molar-refractivity contribution is 7.89. The molecule has 2 aromatic heterocycles. The summed E-state index contributed by atoms with van der Waals surface area (Å²) in [5, 5.41) is 13.1. The Labute approximate surface area is 173 Å². The Morgan fingerprint density at radius 3 is 2.70 bits per heavy atom. The molecular weight excluding hydrogens is 408 g/mol. The van der Waals surface area contributed by atoms with Crippen molar-refractivity contribution >= 4 is 15.8 Å². The number of rotatable bonds is 6. The second-order valence-electron chi connectivity index (χ2n) is 7.46. The van der Waals surface area contributed by atoms with E-state index in [-0.39, 0.29) is 34.3 Å². The van der Waals surface area contributed by atoms with E-state index in [0.29, 0.717) is 36.5 Å². The minimum Gasteiger partial charge on any atom is -0.393 e. The summed E-state index contributed by atoms with van der Waals surface area (Å²) in [7, 11) is -3.71. The van der Waals surface area contributed by atoms with Crippen molar-refractivity contribution in [3.05, 3.63) is 35.8 Å². The van der Waals surface area contributed by atoms with Crippen LogP contribution in [0.5, 0.6) is 0 Å². The normalized spacial score (nSPS) is 18.9. The van der Waals surface area contributed by atoms with Crippen LogP contribution in [0.15, 0.2) is 33.8 Å². The van der Waals surface area contributed by atoms with Crippen LogP contribution in [0.2, 0.25) is 0 Å². The maximum atomic E-state index is 12.7. The molecule has 0 spiro atoms. The molecule has 1 aliphatic carbocycles. The van der Waals surface area contributed by atoms with Crippen LogP contribution in [0.1, 0.15) is 24.2 Å². The molecule has 0 amide bonds. The number of anilines is 1. The van der Waals surface area contributed by atoms with Gasteiger partial charge < -0.3 is 15.4 Å². The van der Waals surface area contributed by atoms with Crippen LogP contribution < -0.4 is 10.5 Å². The number of aliphatic hydroxyl groups excluding tert-OH is 1. The fourth-order valence-corrected chi connectivity index (χ4v) is 4.44. The molecule has 0 bridgehead atoms. The predicted octanol–water partition coefficient (Wildman–Crippen LogP) is 1.44. The molecule has 2 heterocycles. The molecule has 30 heavy (non-hydrogen) atoms. The van der Waals surface area contributed by atoms with Crippen LogP contribution in [0, 0.1) is 19.8 Å². The van der Waals surface area contributed by atoms with Crippen molar-refractivity contribution in [2.75, 3.05) is 12.3 Å². The number of benzene rings is 1. The molecule has 3 aromatic rings. The average molecular weight is 430 g/mol. The first-order valence-corrected chi connectivity index (χ1v) is 10.9. The maximum Gasteiger partial charge on any atom is 0.280 e. The highest BCUT2D eigenvalue weighted by atomic mass is 32.2. The second-order valence-corrected chi connectivity index (χ2v) is 9.22. The Bertz CT molecular complexity index is 1190. The lowest BCUT2D eigenvalue weighted by Crippen LogP contribution is -2.38. The number of nitrogens with zero attached hydrogens (tertiary/aromatic N) is 4. The zero-order chi connectivity index (χ0) is 21.5. The molecule has 0 saturated heterocycles. The van der Waals surface area contributed by atoms with E-state index in [1.165, 1.54) is 6.20 Å². The molecule has 0 aliphatic heterocycles. The summed E-state index contributed by atoms with van der Waals surface area (Å²) in [5.41, 5.74) is 8.01. The zero-order valence-electron chi connectivity index (χ0n) is 16.5. The van der Waals surface area contributed by atoms with E-state index in [1.807, 2.05) is 6.92 Å². The molecule has 1 saturated carbocycles. The molecule has 4 rings (SSSR count). The third-order valence-corrected chi connectivity index (χ3v) is 6.52. The first-order chi connectivity index (χ1) is 14.2. The summed E-state index contributed by atoms with van der Waals surface area (Å²) in [6, 6.07) is 4.81. The average Bonchev–Trinajstić information content (AvgIpc) is 3.11. The minimum absolute atomic E-state index is 0.122. The van der Waals surface area contributed by atoms with Gasteiger partial charge in [-0.3, -0.25) is 0 Å². The molecule has 158 valence electrons. The number of sulfonamides is 1. The van der Waals surface area contributed by atoms with Gasteiger partial charge in [-0.25, -0.2) is 23.1 Å². The highest BCUT2D eigenvalue weighted by Gasteiger charge is 2.28. The van der Waals surface area contributed by atoms with Crippen LogP contribution in [0.3, 0.4) is 0 Å². The van der Waals surface area contributed by atoms with E-state index in [0.717, 1.165) is 5.56 Å². The van der Waals surface area contributed by atoms with Gasteiger partial charge in [-0.15, -0.1) is 0 Å². The number of aliphatic hydroxyl groups is 1. The molecular formula is C19H22N6O4S. The number of aromatic nitrogens is 4. The van der Waals surface area contributed by atoms with Gasteiger partial charge in [-0.1, -0.05) is 11.2 Å². The summed E-state index contributed by atoms with van der Waals surface area (Å²) in [6.45, 7) is 3.82. The molecule has 4 N–H and O–H groups in total. The fraction of sp³-hybridized carbons (Fsp3) is 0.368. The Hall–Kier alpha value is -2.89. The Morgan fingerprint density at radius 1 is 1.27 bits per heavy atom. The molecule has 0 atom stereocenters. The van der Waals surface area contributed by atoms with E-state index >= 15 is 0 Å². The molecule has 0 unspecified atom stereocenters. The van der Waals surface area contributed by atoms with Gasteiger partial charge in [0.05, 0.1) is 22.9 Å². The topological polar surface area (TPSA) is 157 Å². The number of nitrogen functional groups attached to an aromatic ring is 1.